The van der Waals surface area contributed by atoms with Crippen molar-refractivity contribution >= 4 is 35.0 Å². The summed E-state index contributed by atoms with van der Waals surface area (Å²) >= 11 is 5.80. The number of carbonyl (C=O) groups excluding carboxylic acids is 1. The van der Waals surface area contributed by atoms with Gasteiger partial charge in [-0.05, 0) is 6.92 Å². The normalized spacial score (nSPS) is 22.8. The minimum atomic E-state index is 0.134. The molecule has 1 aromatic rings. The molecule has 1 saturated heterocycles. The molecule has 1 atom stereocenters. The fourth-order valence-electron chi connectivity index (χ4n) is 1.34. The quantitative estimate of drug-likeness (QED) is 0.718. The molecule has 3 nitrogen and oxygen atoms in total. The second-order valence-corrected chi connectivity index (χ2v) is 4.70. The Bertz CT molecular complexity index is 337. The summed E-state index contributed by atoms with van der Waals surface area (Å²) in [4.78, 5) is 17.4. The Labute approximate surface area is 86.2 Å². The molecule has 1 aliphatic heterocycles. The molecule has 1 aromatic heterocycles. The van der Waals surface area contributed by atoms with Crippen LogP contribution in [0, 0.1) is 6.92 Å². The molecule has 0 spiro atoms. The van der Waals surface area contributed by atoms with E-state index >= 15 is 0 Å². The number of thiazole rings is 1. The first-order valence-electron chi connectivity index (χ1n) is 4.07. The first kappa shape index (κ1) is 9.02. The van der Waals surface area contributed by atoms with Crippen LogP contribution in [0.15, 0.2) is 5.38 Å². The summed E-state index contributed by atoms with van der Waals surface area (Å²) in [5.41, 5.74) is 0.968. The molecule has 1 fully saturated rings. The molecule has 70 valence electrons. The number of amides is 1. The highest BCUT2D eigenvalue weighted by Crippen LogP contribution is 2.26. The van der Waals surface area contributed by atoms with Crippen LogP contribution in [0.2, 0.25) is 0 Å². The van der Waals surface area contributed by atoms with Gasteiger partial charge in [-0.2, -0.15) is 12.6 Å². The van der Waals surface area contributed by atoms with Crippen LogP contribution in [-0.2, 0) is 4.79 Å². The Morgan fingerprint density at radius 1 is 1.77 bits per heavy atom. The third kappa shape index (κ3) is 1.71. The molecule has 1 amide bonds. The molecular weight excluding hydrogens is 204 g/mol. The third-order valence-electron chi connectivity index (χ3n) is 1.94. The average molecular weight is 214 g/mol. The topological polar surface area (TPSA) is 33.2 Å². The lowest BCUT2D eigenvalue weighted by Gasteiger charge is -2.10. The number of rotatable bonds is 1. The summed E-state index contributed by atoms with van der Waals surface area (Å²) in [6, 6.07) is 0. The van der Waals surface area contributed by atoms with Gasteiger partial charge in [-0.1, -0.05) is 0 Å². The van der Waals surface area contributed by atoms with Crippen molar-refractivity contribution in [3.63, 3.8) is 0 Å². The molecule has 0 radical (unpaired) electrons. The molecule has 1 unspecified atom stereocenters. The smallest absolute Gasteiger partial charge is 0.229 e. The van der Waals surface area contributed by atoms with Crippen molar-refractivity contribution in [3.05, 3.63) is 11.1 Å². The number of hydrogen-bond donors (Lipinski definition) is 1. The van der Waals surface area contributed by atoms with E-state index < -0.39 is 0 Å². The van der Waals surface area contributed by atoms with Crippen molar-refractivity contribution in [2.75, 3.05) is 11.4 Å². The van der Waals surface area contributed by atoms with Crippen molar-refractivity contribution in [1.29, 1.82) is 0 Å². The minimum Gasteiger partial charge on any atom is -0.287 e. The zero-order valence-electron chi connectivity index (χ0n) is 7.23. The molecule has 0 aliphatic carbocycles. The predicted octanol–water partition coefficient (Wildman–Crippen LogP) is 1.49. The van der Waals surface area contributed by atoms with Gasteiger partial charge in [0.2, 0.25) is 5.91 Å². The van der Waals surface area contributed by atoms with E-state index in [1.54, 1.807) is 4.90 Å². The van der Waals surface area contributed by atoms with Crippen LogP contribution in [0.4, 0.5) is 5.13 Å². The van der Waals surface area contributed by atoms with Gasteiger partial charge in [0.05, 0.1) is 5.69 Å². The van der Waals surface area contributed by atoms with Crippen molar-refractivity contribution in [1.82, 2.24) is 4.98 Å². The lowest BCUT2D eigenvalue weighted by atomic mass is 10.4. The fourth-order valence-corrected chi connectivity index (χ4v) is 2.49. The van der Waals surface area contributed by atoms with Crippen molar-refractivity contribution in [3.8, 4) is 0 Å². The molecule has 13 heavy (non-hydrogen) atoms. The Morgan fingerprint density at radius 3 is 3.00 bits per heavy atom. The number of thiol groups is 1. The van der Waals surface area contributed by atoms with Crippen molar-refractivity contribution in [2.24, 2.45) is 0 Å². The van der Waals surface area contributed by atoms with Gasteiger partial charge in [0, 0.05) is 23.6 Å². The van der Waals surface area contributed by atoms with Crippen LogP contribution >= 0.6 is 24.0 Å². The second-order valence-electron chi connectivity index (χ2n) is 3.13. The van der Waals surface area contributed by atoms with Gasteiger partial charge in [0.15, 0.2) is 5.13 Å². The Morgan fingerprint density at radius 2 is 2.54 bits per heavy atom. The van der Waals surface area contributed by atoms with E-state index in [2.05, 4.69) is 17.6 Å². The summed E-state index contributed by atoms with van der Waals surface area (Å²) in [5.74, 6) is 0.134. The average Bonchev–Trinajstić information content (AvgIpc) is 2.58. The number of aromatic nitrogens is 1. The minimum absolute atomic E-state index is 0.134. The highest BCUT2D eigenvalue weighted by Gasteiger charge is 2.29. The fraction of sp³-hybridized carbons (Fsp3) is 0.500. The van der Waals surface area contributed by atoms with Crippen molar-refractivity contribution < 1.29 is 4.79 Å². The standard InChI is InChI=1S/C8H10N2OS2/c1-5-4-13-8(9-5)10-3-6(12)2-7(10)11/h4,6,12H,2-3H2,1H3. The number of carbonyl (C=O) groups is 1. The first-order valence-corrected chi connectivity index (χ1v) is 5.47. The SMILES string of the molecule is Cc1csc(N2CC(S)CC2=O)n1. The highest BCUT2D eigenvalue weighted by molar-refractivity contribution is 7.81. The van der Waals surface area contributed by atoms with E-state index in [0.717, 1.165) is 10.8 Å². The van der Waals surface area contributed by atoms with Gasteiger partial charge in [-0.3, -0.25) is 9.69 Å². The zero-order chi connectivity index (χ0) is 9.42. The second kappa shape index (κ2) is 3.31. The third-order valence-corrected chi connectivity index (χ3v) is 3.27. The van der Waals surface area contributed by atoms with Gasteiger partial charge in [-0.25, -0.2) is 4.98 Å². The maximum absolute atomic E-state index is 11.4. The summed E-state index contributed by atoms with van der Waals surface area (Å²) in [5, 5.41) is 2.92. The number of aryl methyl sites for hydroxylation is 1. The van der Waals surface area contributed by atoms with Gasteiger partial charge in [-0.15, -0.1) is 11.3 Å². The Balaban J connectivity index is 2.22. The molecular formula is C8H10N2OS2. The van der Waals surface area contributed by atoms with Gasteiger partial charge in [0.1, 0.15) is 0 Å². The van der Waals surface area contributed by atoms with Gasteiger partial charge in [0.25, 0.3) is 0 Å². The van der Waals surface area contributed by atoms with Crippen LogP contribution in [0.1, 0.15) is 12.1 Å². The molecule has 0 aromatic carbocycles. The lowest BCUT2D eigenvalue weighted by molar-refractivity contribution is -0.117. The molecule has 2 heterocycles. The van der Waals surface area contributed by atoms with Gasteiger partial charge >= 0.3 is 0 Å². The maximum Gasteiger partial charge on any atom is 0.229 e. The summed E-state index contributed by atoms with van der Waals surface area (Å²) in [7, 11) is 0. The molecule has 0 saturated carbocycles. The van der Waals surface area contributed by atoms with Crippen molar-refractivity contribution in [2.45, 2.75) is 18.6 Å². The van der Waals surface area contributed by atoms with Crippen LogP contribution in [0.25, 0.3) is 0 Å². The Kier molecular flexibility index (Phi) is 2.29. The predicted molar refractivity (Wildman–Crippen MR) is 56.6 cm³/mol. The number of anilines is 1. The van der Waals surface area contributed by atoms with E-state index in [0.29, 0.717) is 13.0 Å². The molecule has 0 N–H and O–H groups in total. The summed E-state index contributed by atoms with van der Waals surface area (Å²) in [6.07, 6.45) is 0.530. The van der Waals surface area contributed by atoms with Crippen LogP contribution in [-0.4, -0.2) is 22.7 Å². The van der Waals surface area contributed by atoms with E-state index in [9.17, 15) is 4.79 Å². The summed E-state index contributed by atoms with van der Waals surface area (Å²) < 4.78 is 0. The van der Waals surface area contributed by atoms with Crippen LogP contribution in [0.3, 0.4) is 0 Å². The zero-order valence-corrected chi connectivity index (χ0v) is 8.94. The van der Waals surface area contributed by atoms with E-state index in [4.69, 9.17) is 0 Å². The Hall–Kier alpha value is -0.550. The highest BCUT2D eigenvalue weighted by atomic mass is 32.1. The summed E-state index contributed by atoms with van der Waals surface area (Å²) in [6.45, 7) is 2.62. The largest absolute Gasteiger partial charge is 0.287 e. The molecule has 1 aliphatic rings. The number of nitrogens with zero attached hydrogens (tertiary/aromatic N) is 2. The lowest BCUT2D eigenvalue weighted by Crippen LogP contribution is -2.24. The van der Waals surface area contributed by atoms with E-state index in [-0.39, 0.29) is 11.2 Å². The van der Waals surface area contributed by atoms with Crippen LogP contribution < -0.4 is 4.90 Å². The molecule has 0 bridgehead atoms. The molecule has 5 heteroatoms. The van der Waals surface area contributed by atoms with E-state index in [1.165, 1.54) is 11.3 Å². The maximum atomic E-state index is 11.4. The van der Waals surface area contributed by atoms with Gasteiger partial charge < -0.3 is 0 Å². The monoisotopic (exact) mass is 214 g/mol. The van der Waals surface area contributed by atoms with E-state index in [1.807, 2.05) is 12.3 Å². The molecule has 2 rings (SSSR count). The number of hydrogen-bond acceptors (Lipinski definition) is 4. The van der Waals surface area contributed by atoms with Crippen LogP contribution in [0.5, 0.6) is 0 Å². The first-order chi connectivity index (χ1) is 6.16.